The number of hydrogen-bond acceptors (Lipinski definition) is 2. The van der Waals surface area contributed by atoms with Crippen molar-refractivity contribution >= 4 is 0 Å². The minimum atomic E-state index is -0.187. The zero-order valence-corrected chi connectivity index (χ0v) is 8.16. The second-order valence-electron chi connectivity index (χ2n) is 3.62. The molecule has 76 valence electrons. The molecule has 0 saturated carbocycles. The van der Waals surface area contributed by atoms with Crippen LogP contribution in [0.3, 0.4) is 0 Å². The van der Waals surface area contributed by atoms with E-state index in [1.807, 2.05) is 13.0 Å². The number of rotatable bonds is 1. The van der Waals surface area contributed by atoms with E-state index in [9.17, 15) is 4.39 Å². The van der Waals surface area contributed by atoms with Crippen LogP contribution in [0.25, 0.3) is 0 Å². The number of ether oxygens (including phenoxy) is 1. The highest BCUT2D eigenvalue weighted by molar-refractivity contribution is 5.20. The Hall–Kier alpha value is -0.930. The van der Waals surface area contributed by atoms with Gasteiger partial charge in [-0.3, -0.25) is 0 Å². The molecule has 14 heavy (non-hydrogen) atoms. The summed E-state index contributed by atoms with van der Waals surface area (Å²) in [6.07, 6.45) is -0.00620. The fraction of sp³-hybridized carbons (Fsp3) is 0.455. The maximum Gasteiger partial charge on any atom is 0.129 e. The van der Waals surface area contributed by atoms with E-state index in [0.717, 1.165) is 6.54 Å². The summed E-state index contributed by atoms with van der Waals surface area (Å²) in [5.74, 6) is -0.187. The van der Waals surface area contributed by atoms with Gasteiger partial charge in [0.15, 0.2) is 0 Å². The van der Waals surface area contributed by atoms with Gasteiger partial charge in [0.25, 0.3) is 0 Å². The van der Waals surface area contributed by atoms with E-state index in [1.165, 1.54) is 6.07 Å². The number of nitrogens with one attached hydrogen (secondary N) is 1. The van der Waals surface area contributed by atoms with E-state index >= 15 is 0 Å². The Morgan fingerprint density at radius 3 is 2.86 bits per heavy atom. The average molecular weight is 195 g/mol. The van der Waals surface area contributed by atoms with E-state index in [4.69, 9.17) is 4.74 Å². The summed E-state index contributed by atoms with van der Waals surface area (Å²) in [4.78, 5) is 0. The number of benzene rings is 1. The van der Waals surface area contributed by atoms with Gasteiger partial charge in [0.2, 0.25) is 0 Å². The van der Waals surface area contributed by atoms with Crippen LogP contribution in [0.2, 0.25) is 0 Å². The molecule has 1 aromatic rings. The molecule has 2 unspecified atom stereocenters. The van der Waals surface area contributed by atoms with Crippen molar-refractivity contribution in [3.8, 4) is 0 Å². The molecule has 2 nitrogen and oxygen atoms in total. The number of morpholine rings is 1. The second-order valence-corrected chi connectivity index (χ2v) is 3.62. The molecule has 1 aliphatic heterocycles. The molecule has 0 aromatic heterocycles. The summed E-state index contributed by atoms with van der Waals surface area (Å²) >= 11 is 0. The van der Waals surface area contributed by atoms with Gasteiger partial charge >= 0.3 is 0 Å². The summed E-state index contributed by atoms with van der Waals surface area (Å²) < 4.78 is 19.0. The molecule has 0 bridgehead atoms. The van der Waals surface area contributed by atoms with E-state index < -0.39 is 0 Å². The predicted octanol–water partition coefficient (Wildman–Crippen LogP) is 1.88. The molecule has 0 amide bonds. The Morgan fingerprint density at radius 2 is 2.14 bits per heavy atom. The van der Waals surface area contributed by atoms with Crippen molar-refractivity contribution in [1.82, 2.24) is 5.32 Å². The van der Waals surface area contributed by atoms with E-state index in [1.54, 1.807) is 12.1 Å². The van der Waals surface area contributed by atoms with Crippen LogP contribution in [0.1, 0.15) is 18.6 Å². The van der Waals surface area contributed by atoms with Gasteiger partial charge in [-0.2, -0.15) is 0 Å². The van der Waals surface area contributed by atoms with Crippen molar-refractivity contribution < 1.29 is 9.13 Å². The molecule has 2 rings (SSSR count). The molecule has 0 spiro atoms. The lowest BCUT2D eigenvalue weighted by atomic mass is 10.1. The smallest absolute Gasteiger partial charge is 0.129 e. The Kier molecular flexibility index (Phi) is 2.79. The Balaban J connectivity index is 2.18. The fourth-order valence-electron chi connectivity index (χ4n) is 1.71. The van der Waals surface area contributed by atoms with Crippen LogP contribution in [0.5, 0.6) is 0 Å². The molecule has 1 heterocycles. The monoisotopic (exact) mass is 195 g/mol. The first-order valence-electron chi connectivity index (χ1n) is 4.88. The molecule has 1 fully saturated rings. The van der Waals surface area contributed by atoms with Gasteiger partial charge in [-0.1, -0.05) is 18.2 Å². The summed E-state index contributed by atoms with van der Waals surface area (Å²) in [5.41, 5.74) is 0.645. The molecule has 1 aromatic carbocycles. The van der Waals surface area contributed by atoms with Crippen molar-refractivity contribution in [2.24, 2.45) is 0 Å². The predicted molar refractivity (Wildman–Crippen MR) is 52.6 cm³/mol. The third-order valence-electron chi connectivity index (χ3n) is 2.41. The van der Waals surface area contributed by atoms with Gasteiger partial charge in [0.05, 0.1) is 12.2 Å². The van der Waals surface area contributed by atoms with Crippen LogP contribution in [-0.2, 0) is 4.74 Å². The molecule has 1 saturated heterocycles. The maximum absolute atomic E-state index is 13.4. The zero-order valence-electron chi connectivity index (χ0n) is 8.16. The minimum Gasteiger partial charge on any atom is -0.368 e. The van der Waals surface area contributed by atoms with Crippen LogP contribution in [0.15, 0.2) is 24.3 Å². The van der Waals surface area contributed by atoms with Crippen LogP contribution in [0, 0.1) is 5.82 Å². The second kappa shape index (κ2) is 4.07. The standard InChI is InChI=1S/C11H14FNO/c1-8-6-13-7-11(14-8)9-4-2-3-5-10(9)12/h2-5,8,11,13H,6-7H2,1H3. The molecular weight excluding hydrogens is 181 g/mol. The SMILES string of the molecule is CC1CNCC(c2ccccc2F)O1. The van der Waals surface area contributed by atoms with E-state index in [2.05, 4.69) is 5.32 Å². The molecular formula is C11H14FNO. The van der Waals surface area contributed by atoms with Gasteiger partial charge < -0.3 is 10.1 Å². The fourth-order valence-corrected chi connectivity index (χ4v) is 1.71. The summed E-state index contributed by atoms with van der Waals surface area (Å²) in [7, 11) is 0. The summed E-state index contributed by atoms with van der Waals surface area (Å²) in [5, 5.41) is 3.22. The molecule has 3 heteroatoms. The van der Waals surface area contributed by atoms with E-state index in [-0.39, 0.29) is 18.0 Å². The molecule has 1 aliphatic rings. The van der Waals surface area contributed by atoms with Crippen molar-refractivity contribution in [2.45, 2.75) is 19.1 Å². The van der Waals surface area contributed by atoms with Crippen LogP contribution in [0.4, 0.5) is 4.39 Å². The van der Waals surface area contributed by atoms with Crippen molar-refractivity contribution in [1.29, 1.82) is 0 Å². The quantitative estimate of drug-likeness (QED) is 0.738. The van der Waals surface area contributed by atoms with Crippen molar-refractivity contribution in [3.63, 3.8) is 0 Å². The van der Waals surface area contributed by atoms with Crippen molar-refractivity contribution in [3.05, 3.63) is 35.6 Å². The maximum atomic E-state index is 13.4. The first kappa shape index (κ1) is 9.62. The largest absolute Gasteiger partial charge is 0.368 e. The highest BCUT2D eigenvalue weighted by atomic mass is 19.1. The summed E-state index contributed by atoms with van der Waals surface area (Å²) in [6, 6.07) is 6.78. The highest BCUT2D eigenvalue weighted by Crippen LogP contribution is 2.23. The van der Waals surface area contributed by atoms with Crippen LogP contribution >= 0.6 is 0 Å². The van der Waals surface area contributed by atoms with Gasteiger partial charge in [0, 0.05) is 18.7 Å². The lowest BCUT2D eigenvalue weighted by molar-refractivity contribution is -0.0303. The normalized spacial score (nSPS) is 27.6. The number of halogens is 1. The Labute approximate surface area is 83.1 Å². The van der Waals surface area contributed by atoms with Crippen molar-refractivity contribution in [2.75, 3.05) is 13.1 Å². The topological polar surface area (TPSA) is 21.3 Å². The van der Waals surface area contributed by atoms with E-state index in [0.29, 0.717) is 12.1 Å². The lowest BCUT2D eigenvalue weighted by Gasteiger charge is -2.29. The molecule has 2 atom stereocenters. The lowest BCUT2D eigenvalue weighted by Crippen LogP contribution is -2.39. The third kappa shape index (κ3) is 1.94. The van der Waals surface area contributed by atoms with Gasteiger partial charge in [-0.25, -0.2) is 4.39 Å². The van der Waals surface area contributed by atoms with Gasteiger partial charge in [-0.15, -0.1) is 0 Å². The molecule has 0 aliphatic carbocycles. The first-order valence-corrected chi connectivity index (χ1v) is 4.88. The summed E-state index contributed by atoms with van der Waals surface area (Å²) in [6.45, 7) is 3.51. The minimum absolute atomic E-state index is 0.147. The third-order valence-corrected chi connectivity index (χ3v) is 2.41. The van der Waals surface area contributed by atoms with Crippen LogP contribution in [-0.4, -0.2) is 19.2 Å². The number of hydrogen-bond donors (Lipinski definition) is 1. The molecule has 0 radical (unpaired) electrons. The zero-order chi connectivity index (χ0) is 9.97. The average Bonchev–Trinajstić information content (AvgIpc) is 2.18. The van der Waals surface area contributed by atoms with Gasteiger partial charge in [-0.05, 0) is 13.0 Å². The first-order chi connectivity index (χ1) is 6.77. The molecule has 1 N–H and O–H groups in total. The van der Waals surface area contributed by atoms with Gasteiger partial charge in [0.1, 0.15) is 5.82 Å². The Morgan fingerprint density at radius 1 is 1.36 bits per heavy atom. The Bertz CT molecular complexity index is 316. The van der Waals surface area contributed by atoms with Crippen LogP contribution < -0.4 is 5.32 Å². The highest BCUT2D eigenvalue weighted by Gasteiger charge is 2.22.